The molecule has 0 aliphatic heterocycles. The van der Waals surface area contributed by atoms with Crippen molar-refractivity contribution in [3.8, 4) is 0 Å². The average Bonchev–Trinajstić information content (AvgIpc) is 2.18. The molecule has 2 unspecified atom stereocenters. The van der Waals surface area contributed by atoms with Gasteiger partial charge in [0, 0.05) is 11.0 Å². The van der Waals surface area contributed by atoms with Gasteiger partial charge in [-0.3, -0.25) is 0 Å². The van der Waals surface area contributed by atoms with Gasteiger partial charge < -0.3 is 4.74 Å². The number of alkyl halides is 1. The molecule has 13 heavy (non-hydrogen) atoms. The summed E-state index contributed by atoms with van der Waals surface area (Å²) >= 11 is 2.49. The number of methoxy groups -OCH3 is 1. The van der Waals surface area contributed by atoms with Gasteiger partial charge in [0.25, 0.3) is 0 Å². The highest BCUT2D eigenvalue weighted by Gasteiger charge is 2.26. The normalized spacial score (nSPS) is 26.9. The van der Waals surface area contributed by atoms with E-state index in [1.165, 1.54) is 24.0 Å². The van der Waals surface area contributed by atoms with E-state index in [0.29, 0.717) is 10.0 Å². The monoisotopic (exact) mass is 288 g/mol. The molecule has 1 nitrogen and oxygen atoms in total. The summed E-state index contributed by atoms with van der Waals surface area (Å²) in [7, 11) is 1.80. The highest BCUT2D eigenvalue weighted by Crippen LogP contribution is 2.36. The molecule has 1 aliphatic rings. The van der Waals surface area contributed by atoms with Crippen molar-refractivity contribution >= 4 is 22.6 Å². The van der Waals surface area contributed by atoms with Crippen LogP contribution < -0.4 is 0 Å². The lowest BCUT2D eigenvalue weighted by Gasteiger charge is -2.28. The molecule has 0 saturated carbocycles. The Morgan fingerprint density at radius 2 is 2.15 bits per heavy atom. The molecule has 1 aliphatic carbocycles. The van der Waals surface area contributed by atoms with Gasteiger partial charge in [-0.1, -0.05) is 46.9 Å². The number of rotatable bonds is 1. The molecule has 0 fully saturated rings. The molecule has 0 bridgehead atoms. The molecule has 0 radical (unpaired) electrons. The molecule has 1 aromatic rings. The Labute approximate surface area is 92.6 Å². The number of benzene rings is 1. The van der Waals surface area contributed by atoms with Crippen molar-refractivity contribution < 1.29 is 4.74 Å². The van der Waals surface area contributed by atoms with Gasteiger partial charge in [-0.2, -0.15) is 0 Å². The zero-order valence-corrected chi connectivity index (χ0v) is 9.82. The van der Waals surface area contributed by atoms with Crippen molar-refractivity contribution in [3.63, 3.8) is 0 Å². The number of hydrogen-bond donors (Lipinski definition) is 0. The van der Waals surface area contributed by atoms with Crippen LogP contribution in [0, 0.1) is 0 Å². The van der Waals surface area contributed by atoms with E-state index >= 15 is 0 Å². The molecular formula is C11H13IO. The van der Waals surface area contributed by atoms with E-state index < -0.39 is 0 Å². The summed E-state index contributed by atoms with van der Waals surface area (Å²) in [6.45, 7) is 0. The van der Waals surface area contributed by atoms with Crippen LogP contribution in [0.3, 0.4) is 0 Å². The first-order valence-electron chi connectivity index (χ1n) is 4.57. The SMILES string of the molecule is COC1c2ccccc2CCC1I. The van der Waals surface area contributed by atoms with Crippen molar-refractivity contribution in [3.05, 3.63) is 35.4 Å². The largest absolute Gasteiger partial charge is 0.376 e. The molecule has 0 aromatic heterocycles. The summed E-state index contributed by atoms with van der Waals surface area (Å²) in [5, 5.41) is 0. The summed E-state index contributed by atoms with van der Waals surface area (Å²) in [5.41, 5.74) is 2.85. The molecule has 70 valence electrons. The van der Waals surface area contributed by atoms with Crippen LogP contribution >= 0.6 is 22.6 Å². The molecule has 2 atom stereocenters. The lowest BCUT2D eigenvalue weighted by atomic mass is 9.89. The van der Waals surface area contributed by atoms with Crippen LogP contribution in [0.5, 0.6) is 0 Å². The van der Waals surface area contributed by atoms with Gasteiger partial charge in [-0.15, -0.1) is 0 Å². The van der Waals surface area contributed by atoms with Gasteiger partial charge in [-0.25, -0.2) is 0 Å². The maximum Gasteiger partial charge on any atom is 0.0941 e. The van der Waals surface area contributed by atoms with Crippen molar-refractivity contribution in [2.45, 2.75) is 22.9 Å². The van der Waals surface area contributed by atoms with Crippen LogP contribution in [0.25, 0.3) is 0 Å². The van der Waals surface area contributed by atoms with Gasteiger partial charge in [0.1, 0.15) is 0 Å². The quantitative estimate of drug-likeness (QED) is 0.570. The van der Waals surface area contributed by atoms with E-state index in [9.17, 15) is 0 Å². The number of halogens is 1. The van der Waals surface area contributed by atoms with Gasteiger partial charge in [0.05, 0.1) is 6.10 Å². The van der Waals surface area contributed by atoms with Crippen LogP contribution in [0.4, 0.5) is 0 Å². The highest BCUT2D eigenvalue weighted by atomic mass is 127. The molecule has 1 aromatic carbocycles. The molecule has 0 heterocycles. The maximum absolute atomic E-state index is 5.52. The van der Waals surface area contributed by atoms with Gasteiger partial charge in [0.2, 0.25) is 0 Å². The molecule has 2 heteroatoms. The predicted octanol–water partition coefficient (Wildman–Crippen LogP) is 3.12. The molecule has 0 spiro atoms. The third-order valence-corrected chi connectivity index (χ3v) is 3.91. The topological polar surface area (TPSA) is 9.23 Å². The van der Waals surface area contributed by atoms with Crippen molar-refractivity contribution in [1.29, 1.82) is 0 Å². The fourth-order valence-electron chi connectivity index (χ4n) is 1.95. The Balaban J connectivity index is 2.39. The van der Waals surface area contributed by atoms with E-state index in [-0.39, 0.29) is 0 Å². The third-order valence-electron chi connectivity index (χ3n) is 2.63. The third kappa shape index (κ3) is 1.74. The van der Waals surface area contributed by atoms with Gasteiger partial charge in [-0.05, 0) is 24.0 Å². The van der Waals surface area contributed by atoms with E-state index in [0.717, 1.165) is 0 Å². The Bertz CT molecular complexity index is 298. The average molecular weight is 288 g/mol. The van der Waals surface area contributed by atoms with Crippen LogP contribution in [-0.4, -0.2) is 11.0 Å². The van der Waals surface area contributed by atoms with Crippen LogP contribution in [0.2, 0.25) is 0 Å². The van der Waals surface area contributed by atoms with Crippen LogP contribution in [-0.2, 0) is 11.2 Å². The van der Waals surface area contributed by atoms with Gasteiger partial charge in [0.15, 0.2) is 0 Å². The minimum atomic E-state index is 0.297. The Morgan fingerprint density at radius 3 is 2.92 bits per heavy atom. The van der Waals surface area contributed by atoms with E-state index in [2.05, 4.69) is 46.9 Å². The number of hydrogen-bond acceptors (Lipinski definition) is 1. The Hall–Kier alpha value is -0.0900. The summed E-state index contributed by atoms with van der Waals surface area (Å²) < 4.78 is 6.15. The molecule has 0 N–H and O–H groups in total. The zero-order chi connectivity index (χ0) is 9.26. The molecule has 2 rings (SSSR count). The lowest BCUT2D eigenvalue weighted by molar-refractivity contribution is 0.0973. The predicted molar refractivity (Wildman–Crippen MR) is 62.3 cm³/mol. The summed E-state index contributed by atoms with van der Waals surface area (Å²) in [4.78, 5) is 0. The van der Waals surface area contributed by atoms with E-state index in [1.54, 1.807) is 7.11 Å². The van der Waals surface area contributed by atoms with E-state index in [1.807, 2.05) is 0 Å². The number of ether oxygens (including phenoxy) is 1. The van der Waals surface area contributed by atoms with Crippen molar-refractivity contribution in [1.82, 2.24) is 0 Å². The maximum atomic E-state index is 5.52. The van der Waals surface area contributed by atoms with Crippen molar-refractivity contribution in [2.75, 3.05) is 7.11 Å². The standard InChI is InChI=1S/C11H13IO/c1-13-11-9-5-3-2-4-8(9)6-7-10(11)12/h2-5,10-11H,6-7H2,1H3. The molecular weight excluding hydrogens is 275 g/mol. The summed E-state index contributed by atoms with van der Waals surface area (Å²) in [6.07, 6.45) is 2.73. The lowest BCUT2D eigenvalue weighted by Crippen LogP contribution is -2.21. The van der Waals surface area contributed by atoms with E-state index in [4.69, 9.17) is 4.74 Å². The first kappa shape index (κ1) is 9.46. The van der Waals surface area contributed by atoms with Crippen LogP contribution in [0.15, 0.2) is 24.3 Å². The molecule has 0 amide bonds. The Morgan fingerprint density at radius 1 is 1.38 bits per heavy atom. The number of aryl methyl sites for hydroxylation is 1. The minimum Gasteiger partial charge on any atom is -0.376 e. The first-order chi connectivity index (χ1) is 6.33. The van der Waals surface area contributed by atoms with Gasteiger partial charge >= 0.3 is 0 Å². The summed E-state index contributed by atoms with van der Waals surface area (Å²) in [6, 6.07) is 8.61. The second-order valence-electron chi connectivity index (χ2n) is 3.41. The van der Waals surface area contributed by atoms with Crippen LogP contribution in [0.1, 0.15) is 23.7 Å². The fraction of sp³-hybridized carbons (Fsp3) is 0.455. The molecule has 0 saturated heterocycles. The first-order valence-corrected chi connectivity index (χ1v) is 5.82. The second kappa shape index (κ2) is 3.96. The zero-order valence-electron chi connectivity index (χ0n) is 7.66. The summed E-state index contributed by atoms with van der Waals surface area (Å²) in [5.74, 6) is 0. The highest BCUT2D eigenvalue weighted by molar-refractivity contribution is 14.1. The Kier molecular flexibility index (Phi) is 2.89. The number of fused-ring (bicyclic) bond motifs is 1. The second-order valence-corrected chi connectivity index (χ2v) is 5.01. The smallest absolute Gasteiger partial charge is 0.0941 e. The van der Waals surface area contributed by atoms with Crippen molar-refractivity contribution in [2.24, 2.45) is 0 Å². The minimum absolute atomic E-state index is 0.297. The fourth-order valence-corrected chi connectivity index (χ4v) is 2.95.